The van der Waals surface area contributed by atoms with E-state index in [0.29, 0.717) is 0 Å². The fourth-order valence-corrected chi connectivity index (χ4v) is 0. The van der Waals surface area contributed by atoms with Crippen molar-refractivity contribution in [1.29, 1.82) is 0 Å². The Morgan fingerprint density at radius 1 is 1.80 bits per heavy atom. The first-order valence-electron chi connectivity index (χ1n) is 1.02. The molecular formula is C2H12AlNaO. The van der Waals surface area contributed by atoms with Gasteiger partial charge in [-0.25, -0.2) is 0 Å². The van der Waals surface area contributed by atoms with Crippen LogP contribution in [0.25, 0.3) is 0 Å². The summed E-state index contributed by atoms with van der Waals surface area (Å²) in [4.78, 5) is 0. The predicted octanol–water partition coefficient (Wildman–Crippen LogP) is -1.59. The zero-order chi connectivity index (χ0) is 2.71. The third-order valence-corrected chi connectivity index (χ3v) is 0. The van der Waals surface area contributed by atoms with Gasteiger partial charge in [0.05, 0.1) is 0 Å². The molecule has 0 unspecified atom stereocenters. The van der Waals surface area contributed by atoms with Crippen molar-refractivity contribution < 1.29 is 6.53 Å². The summed E-state index contributed by atoms with van der Waals surface area (Å²) in [6, 6.07) is 0. The van der Waals surface area contributed by atoms with E-state index < -0.39 is 0 Å². The molecule has 0 bridgehead atoms. The summed E-state index contributed by atoms with van der Waals surface area (Å²) < 4.78 is 0. The molecule has 5 heavy (non-hydrogen) atoms. The third kappa shape index (κ3) is 30.1. The van der Waals surface area contributed by atoms with Crippen LogP contribution in [-0.2, 0) is 0 Å². The van der Waals surface area contributed by atoms with Crippen molar-refractivity contribution in [3.63, 3.8) is 0 Å². The van der Waals surface area contributed by atoms with Gasteiger partial charge < -0.3 is 5.11 Å². The first-order chi connectivity index (χ1) is 1.41. The molecule has 0 aromatic rings. The number of aliphatic hydroxyl groups excluding tert-OH is 1. The molecule has 0 aliphatic heterocycles. The fourth-order valence-electron chi connectivity index (χ4n) is 0. The Morgan fingerprint density at radius 3 is 1.80 bits per heavy atom. The fraction of sp³-hybridized carbons (Fsp3) is 1.00. The molecule has 0 aliphatic carbocycles. The molecule has 0 fully saturated rings. The molecule has 1 N–H and O–H groups in total. The minimum atomic E-state index is 0. The van der Waals surface area contributed by atoms with E-state index in [9.17, 15) is 0 Å². The summed E-state index contributed by atoms with van der Waals surface area (Å²) in [7, 11) is 0. The topological polar surface area (TPSA) is 20.2 Å². The van der Waals surface area contributed by atoms with Crippen molar-refractivity contribution in [2.24, 2.45) is 0 Å². The van der Waals surface area contributed by atoms with Crippen LogP contribution in [0.1, 0.15) is 8.35 Å². The Morgan fingerprint density at radius 2 is 1.80 bits per heavy atom. The molecule has 0 aromatic carbocycles. The Balaban J connectivity index is -0.00000000667. The minimum absolute atomic E-state index is 0. The average molecular weight is 102 g/mol. The molecule has 0 aromatic heterocycles. The molecule has 0 aliphatic rings. The molecule has 3 heteroatoms. The first kappa shape index (κ1) is 16.1. The van der Waals surface area contributed by atoms with Crippen molar-refractivity contribution in [1.82, 2.24) is 0 Å². The molecule has 0 saturated heterocycles. The van der Waals surface area contributed by atoms with Crippen LogP contribution < -0.4 is 0 Å². The van der Waals surface area contributed by atoms with Gasteiger partial charge in [-0.1, -0.05) is 0 Å². The molecular weight excluding hydrogens is 90.0 g/mol. The van der Waals surface area contributed by atoms with Crippen molar-refractivity contribution >= 4 is 46.9 Å². The van der Waals surface area contributed by atoms with Crippen LogP contribution in [0.4, 0.5) is 0 Å². The van der Waals surface area contributed by atoms with Crippen molar-refractivity contribution in [2.45, 2.75) is 6.92 Å². The van der Waals surface area contributed by atoms with Crippen LogP contribution in [0, 0.1) is 0 Å². The third-order valence-electron chi connectivity index (χ3n) is 0. The van der Waals surface area contributed by atoms with Gasteiger partial charge in [0.25, 0.3) is 0 Å². The van der Waals surface area contributed by atoms with E-state index in [1.807, 2.05) is 0 Å². The summed E-state index contributed by atoms with van der Waals surface area (Å²) in [6.45, 7) is 1.93. The van der Waals surface area contributed by atoms with Crippen molar-refractivity contribution in [3.05, 3.63) is 0 Å². The van der Waals surface area contributed by atoms with E-state index in [4.69, 9.17) is 5.11 Å². The first-order valence-corrected chi connectivity index (χ1v) is 1.02. The van der Waals surface area contributed by atoms with Crippen LogP contribution in [0.3, 0.4) is 0 Å². The number of aliphatic hydroxyl groups is 1. The zero-order valence-electron chi connectivity index (χ0n) is 2.15. The zero-order valence-corrected chi connectivity index (χ0v) is 2.15. The van der Waals surface area contributed by atoms with Crippen LogP contribution in [-0.4, -0.2) is 58.6 Å². The van der Waals surface area contributed by atoms with Crippen LogP contribution >= 0.6 is 0 Å². The Hall–Kier alpha value is 1.49. The molecule has 0 spiro atoms. The van der Waals surface area contributed by atoms with Crippen LogP contribution in [0.15, 0.2) is 0 Å². The van der Waals surface area contributed by atoms with E-state index in [0.717, 1.165) is 0 Å². The predicted molar refractivity (Wildman–Crippen MR) is 32.0 cm³/mol. The van der Waals surface area contributed by atoms with Crippen molar-refractivity contribution in [3.8, 4) is 0 Å². The van der Waals surface area contributed by atoms with Gasteiger partial charge in [0.15, 0.2) is 17.4 Å². The monoisotopic (exact) mass is 102 g/mol. The normalized spacial score (nSPS) is 3.60. The van der Waals surface area contributed by atoms with Gasteiger partial charge in [0.1, 0.15) is 0 Å². The average Bonchev–Trinajstić information content (AvgIpc) is 0.918. The van der Waals surface area contributed by atoms with E-state index in [2.05, 4.69) is 0 Å². The van der Waals surface area contributed by atoms with Gasteiger partial charge in [-0.05, 0) is 6.92 Å². The molecule has 0 amide bonds. The van der Waals surface area contributed by atoms with E-state index in [-0.39, 0.29) is 55.0 Å². The molecule has 30 valence electrons. The Labute approximate surface area is 66.7 Å². The van der Waals surface area contributed by atoms with E-state index in [1.165, 1.54) is 0 Å². The van der Waals surface area contributed by atoms with Gasteiger partial charge in [0.2, 0.25) is 0 Å². The summed E-state index contributed by atoms with van der Waals surface area (Å²) in [5, 5.41) is 7.57. The number of hydrogen-bond acceptors (Lipinski definition) is 1. The number of hydrogen-bond donors (Lipinski definition) is 1. The summed E-state index contributed by atoms with van der Waals surface area (Å²) >= 11 is 0. The van der Waals surface area contributed by atoms with E-state index >= 15 is 0 Å². The molecule has 0 heterocycles. The maximum atomic E-state index is 7.57. The van der Waals surface area contributed by atoms with Gasteiger partial charge in [0, 0.05) is 8.03 Å². The summed E-state index contributed by atoms with van der Waals surface area (Å²) in [6.07, 6.45) is 0. The summed E-state index contributed by atoms with van der Waals surface area (Å²) in [5.41, 5.74) is 0. The second kappa shape index (κ2) is 17.8. The van der Waals surface area contributed by atoms with Crippen LogP contribution in [0.5, 0.6) is 0 Å². The van der Waals surface area contributed by atoms with Gasteiger partial charge >= 0.3 is 29.6 Å². The van der Waals surface area contributed by atoms with Gasteiger partial charge in [-0.3, -0.25) is 0 Å². The van der Waals surface area contributed by atoms with Gasteiger partial charge in [-0.2, -0.15) is 0 Å². The molecule has 0 atom stereocenters. The quantitative estimate of drug-likeness (QED) is 0.366. The second-order valence-corrected chi connectivity index (χ2v) is 0.316. The number of rotatable bonds is 0. The SMILES string of the molecule is CCO.[AlH3].[HH].[NaH]. The second-order valence-electron chi connectivity index (χ2n) is 0.316. The molecule has 0 rings (SSSR count). The molecule has 0 radical (unpaired) electrons. The van der Waals surface area contributed by atoms with Crippen molar-refractivity contribution in [2.75, 3.05) is 6.61 Å². The maximum absolute atomic E-state index is 7.57. The van der Waals surface area contributed by atoms with E-state index in [1.54, 1.807) is 6.92 Å². The van der Waals surface area contributed by atoms with Gasteiger partial charge in [-0.15, -0.1) is 0 Å². The summed E-state index contributed by atoms with van der Waals surface area (Å²) in [5.74, 6) is 0. The standard InChI is InChI=1S/C2H6O.Al.Na.H2.4H/c1-2-3;;;;;;;/h3H,2H2,1H3;;;1H;;;;. The molecule has 0 saturated carbocycles. The Bertz CT molecular complexity index is 13.5. The van der Waals surface area contributed by atoms with Crippen LogP contribution in [0.2, 0.25) is 0 Å². The molecule has 1 nitrogen and oxygen atoms in total. The Kier molecular flexibility index (Phi) is 57.3.